The third kappa shape index (κ3) is 3.29. The van der Waals surface area contributed by atoms with E-state index >= 15 is 0 Å². The molecule has 1 aliphatic rings. The first-order chi connectivity index (χ1) is 7.57. The molecule has 0 aromatic carbocycles. The Bertz CT molecular complexity index is 347. The van der Waals surface area contributed by atoms with E-state index in [0.717, 1.165) is 19.5 Å². The molecule has 0 saturated heterocycles. The monoisotopic (exact) mass is 302 g/mol. The molecule has 1 heterocycles. The highest BCUT2D eigenvalue weighted by molar-refractivity contribution is 9.11. The molecule has 0 amide bonds. The Morgan fingerprint density at radius 3 is 2.81 bits per heavy atom. The van der Waals surface area contributed by atoms with Crippen molar-refractivity contribution in [3.05, 3.63) is 20.8 Å². The topological polar surface area (TPSA) is 29.3 Å². The zero-order valence-corrected chi connectivity index (χ0v) is 12.1. The lowest BCUT2D eigenvalue weighted by atomic mass is 9.75. The van der Waals surface area contributed by atoms with E-state index in [1.54, 1.807) is 11.3 Å². The van der Waals surface area contributed by atoms with Crippen LogP contribution in [0, 0.1) is 0 Å². The largest absolute Gasteiger partial charge is 0.325 e. The predicted octanol–water partition coefficient (Wildman–Crippen LogP) is 3.21. The summed E-state index contributed by atoms with van der Waals surface area (Å²) >= 11 is 5.24. The third-order valence-electron chi connectivity index (χ3n) is 3.42. The molecule has 1 aromatic heterocycles. The molecule has 1 aliphatic carbocycles. The van der Waals surface area contributed by atoms with Gasteiger partial charge in [-0.1, -0.05) is 0 Å². The molecule has 0 radical (unpaired) electrons. The van der Waals surface area contributed by atoms with Gasteiger partial charge in [0.05, 0.1) is 3.79 Å². The first-order valence-corrected chi connectivity index (χ1v) is 7.45. The van der Waals surface area contributed by atoms with Gasteiger partial charge in [0.2, 0.25) is 0 Å². The van der Waals surface area contributed by atoms with Crippen molar-refractivity contribution in [2.45, 2.75) is 37.8 Å². The SMILES string of the molecule is CN(CCC1(N)CCC1)Cc1csc(Br)c1. The van der Waals surface area contributed by atoms with Crippen molar-refractivity contribution < 1.29 is 0 Å². The second-order valence-corrected chi connectivity index (χ2v) is 7.25. The maximum absolute atomic E-state index is 6.22. The minimum absolute atomic E-state index is 0.156. The highest BCUT2D eigenvalue weighted by Gasteiger charge is 2.31. The normalized spacial score (nSPS) is 18.8. The molecule has 90 valence electrons. The molecule has 16 heavy (non-hydrogen) atoms. The van der Waals surface area contributed by atoms with Crippen LogP contribution in [0.3, 0.4) is 0 Å². The van der Waals surface area contributed by atoms with Gasteiger partial charge in [0, 0.05) is 12.1 Å². The zero-order chi connectivity index (χ0) is 11.6. The van der Waals surface area contributed by atoms with Gasteiger partial charge in [-0.3, -0.25) is 0 Å². The lowest BCUT2D eigenvalue weighted by molar-refractivity contribution is 0.193. The minimum atomic E-state index is 0.156. The van der Waals surface area contributed by atoms with Gasteiger partial charge in [0.25, 0.3) is 0 Å². The van der Waals surface area contributed by atoms with Crippen LogP contribution >= 0.6 is 27.3 Å². The molecule has 2 nitrogen and oxygen atoms in total. The summed E-state index contributed by atoms with van der Waals surface area (Å²) in [7, 11) is 2.17. The Hall–Kier alpha value is 0.100. The second kappa shape index (κ2) is 5.17. The fourth-order valence-corrected chi connectivity index (χ4v) is 3.31. The second-order valence-electron chi connectivity index (χ2n) is 4.96. The van der Waals surface area contributed by atoms with Crippen molar-refractivity contribution in [3.8, 4) is 0 Å². The zero-order valence-electron chi connectivity index (χ0n) is 9.71. The smallest absolute Gasteiger partial charge is 0.0701 e. The van der Waals surface area contributed by atoms with Crippen LogP contribution in [-0.4, -0.2) is 24.0 Å². The molecule has 0 bridgehead atoms. The summed E-state index contributed by atoms with van der Waals surface area (Å²) < 4.78 is 1.21. The van der Waals surface area contributed by atoms with Gasteiger partial charge in [-0.25, -0.2) is 0 Å². The number of thiophene rings is 1. The Morgan fingerprint density at radius 2 is 2.31 bits per heavy atom. The Kier molecular flexibility index (Phi) is 4.06. The number of halogens is 1. The maximum atomic E-state index is 6.22. The van der Waals surface area contributed by atoms with Gasteiger partial charge < -0.3 is 10.6 Å². The molecule has 0 spiro atoms. The van der Waals surface area contributed by atoms with E-state index in [4.69, 9.17) is 5.73 Å². The molecule has 2 rings (SSSR count). The first kappa shape index (κ1) is 12.6. The van der Waals surface area contributed by atoms with Crippen molar-refractivity contribution in [2.75, 3.05) is 13.6 Å². The summed E-state index contributed by atoms with van der Waals surface area (Å²) in [5, 5.41) is 2.21. The molecule has 4 heteroatoms. The van der Waals surface area contributed by atoms with Gasteiger partial charge in [-0.05, 0) is 72.2 Å². The van der Waals surface area contributed by atoms with Crippen molar-refractivity contribution in [3.63, 3.8) is 0 Å². The van der Waals surface area contributed by atoms with Crippen molar-refractivity contribution in [1.82, 2.24) is 4.90 Å². The van der Waals surface area contributed by atoms with Gasteiger partial charge >= 0.3 is 0 Å². The minimum Gasteiger partial charge on any atom is -0.325 e. The first-order valence-electron chi connectivity index (χ1n) is 5.78. The summed E-state index contributed by atoms with van der Waals surface area (Å²) in [5.74, 6) is 0. The molecule has 0 aliphatic heterocycles. The summed E-state index contributed by atoms with van der Waals surface area (Å²) in [6.07, 6.45) is 4.88. The van der Waals surface area contributed by atoms with E-state index in [0.29, 0.717) is 0 Å². The summed E-state index contributed by atoms with van der Waals surface area (Å²) in [5.41, 5.74) is 7.76. The van der Waals surface area contributed by atoms with Crippen LogP contribution in [0.1, 0.15) is 31.2 Å². The van der Waals surface area contributed by atoms with Crippen LogP contribution in [0.4, 0.5) is 0 Å². The number of nitrogens with two attached hydrogens (primary N) is 1. The maximum Gasteiger partial charge on any atom is 0.0701 e. The molecule has 0 atom stereocenters. The Balaban J connectivity index is 1.73. The van der Waals surface area contributed by atoms with Gasteiger partial charge in [0.1, 0.15) is 0 Å². The average Bonchev–Trinajstić information content (AvgIpc) is 2.58. The van der Waals surface area contributed by atoms with Gasteiger partial charge in [-0.2, -0.15) is 0 Å². The van der Waals surface area contributed by atoms with Crippen molar-refractivity contribution >= 4 is 27.3 Å². The predicted molar refractivity (Wildman–Crippen MR) is 73.7 cm³/mol. The fourth-order valence-electron chi connectivity index (χ4n) is 2.11. The number of hydrogen-bond donors (Lipinski definition) is 1. The van der Waals surface area contributed by atoms with Crippen LogP contribution in [0.2, 0.25) is 0 Å². The van der Waals surface area contributed by atoms with E-state index in [1.807, 2.05) is 0 Å². The van der Waals surface area contributed by atoms with E-state index in [-0.39, 0.29) is 5.54 Å². The third-order valence-corrected chi connectivity index (χ3v) is 4.97. The average molecular weight is 303 g/mol. The van der Waals surface area contributed by atoms with Crippen LogP contribution in [0.5, 0.6) is 0 Å². The molecular formula is C12H19BrN2S. The fraction of sp³-hybridized carbons (Fsp3) is 0.667. The summed E-state index contributed by atoms with van der Waals surface area (Å²) in [4.78, 5) is 2.36. The van der Waals surface area contributed by atoms with E-state index in [9.17, 15) is 0 Å². The lowest BCUT2D eigenvalue weighted by Crippen LogP contribution is -2.48. The van der Waals surface area contributed by atoms with Crippen LogP contribution in [0.25, 0.3) is 0 Å². The number of nitrogens with zero attached hydrogens (tertiary/aromatic N) is 1. The standard InChI is InChI=1S/C12H19BrN2S/c1-15(6-5-12(14)3-2-4-12)8-10-7-11(13)16-9-10/h7,9H,2-6,8,14H2,1H3. The van der Waals surface area contributed by atoms with Crippen molar-refractivity contribution in [1.29, 1.82) is 0 Å². The molecule has 2 N–H and O–H groups in total. The van der Waals surface area contributed by atoms with E-state index in [2.05, 4.69) is 39.3 Å². The van der Waals surface area contributed by atoms with Crippen LogP contribution in [0.15, 0.2) is 15.2 Å². The number of hydrogen-bond acceptors (Lipinski definition) is 3. The molecule has 1 fully saturated rings. The highest BCUT2D eigenvalue weighted by atomic mass is 79.9. The summed E-state index contributed by atoms with van der Waals surface area (Å²) in [6.45, 7) is 2.13. The number of rotatable bonds is 5. The van der Waals surface area contributed by atoms with E-state index < -0.39 is 0 Å². The van der Waals surface area contributed by atoms with Crippen LogP contribution in [-0.2, 0) is 6.54 Å². The summed E-state index contributed by atoms with van der Waals surface area (Å²) in [6, 6.07) is 2.20. The van der Waals surface area contributed by atoms with Crippen molar-refractivity contribution in [2.24, 2.45) is 5.73 Å². The molecular weight excluding hydrogens is 284 g/mol. The molecule has 1 aromatic rings. The quantitative estimate of drug-likeness (QED) is 0.905. The molecule has 1 saturated carbocycles. The van der Waals surface area contributed by atoms with Gasteiger partial charge in [0.15, 0.2) is 0 Å². The van der Waals surface area contributed by atoms with E-state index in [1.165, 1.54) is 28.6 Å². The van der Waals surface area contributed by atoms with Crippen LogP contribution < -0.4 is 5.73 Å². The lowest BCUT2D eigenvalue weighted by Gasteiger charge is -2.39. The molecule has 0 unspecified atom stereocenters. The van der Waals surface area contributed by atoms with Gasteiger partial charge in [-0.15, -0.1) is 11.3 Å². The Labute approximate surface area is 110 Å². The highest BCUT2D eigenvalue weighted by Crippen LogP contribution is 2.32. The Morgan fingerprint density at radius 1 is 1.56 bits per heavy atom.